The monoisotopic (exact) mass is 574 g/mol. The van der Waals surface area contributed by atoms with Crippen molar-refractivity contribution in [3.05, 3.63) is 57.0 Å². The predicted octanol–water partition coefficient (Wildman–Crippen LogP) is -0.133. The van der Waals surface area contributed by atoms with Crippen molar-refractivity contribution in [2.75, 3.05) is 28.3 Å². The second kappa shape index (κ2) is 11.5. The van der Waals surface area contributed by atoms with Crippen molar-refractivity contribution in [2.45, 2.75) is 63.2 Å². The number of hydrogen-bond acceptors (Lipinski definition) is 9. The van der Waals surface area contributed by atoms with E-state index in [1.165, 1.54) is 45.0 Å². The second-order valence-corrected chi connectivity index (χ2v) is 10.7. The zero-order chi connectivity index (χ0) is 30.1. The number of rotatable bonds is 8. The highest BCUT2D eigenvalue weighted by Gasteiger charge is 2.52. The van der Waals surface area contributed by atoms with Crippen LogP contribution in [0.4, 0.5) is 4.39 Å². The summed E-state index contributed by atoms with van der Waals surface area (Å²) in [6.45, 7) is 1.67. The first kappa shape index (κ1) is 30.1. The molecule has 41 heavy (non-hydrogen) atoms. The molecule has 0 saturated heterocycles. The van der Waals surface area contributed by atoms with Crippen molar-refractivity contribution in [2.24, 2.45) is 0 Å². The number of nitrogens with one attached hydrogen (secondary N) is 3. The average molecular weight is 575 g/mol. The Morgan fingerprint density at radius 2 is 1.88 bits per heavy atom. The number of ether oxygens (including phenoxy) is 2. The summed E-state index contributed by atoms with van der Waals surface area (Å²) < 4.78 is 25.3. The molecular formula is C27H35FN6O7. The van der Waals surface area contributed by atoms with E-state index in [1.54, 1.807) is 13.0 Å². The molecule has 2 aliphatic heterocycles. The van der Waals surface area contributed by atoms with E-state index in [4.69, 9.17) is 9.47 Å². The van der Waals surface area contributed by atoms with Gasteiger partial charge in [0.25, 0.3) is 11.5 Å². The highest BCUT2D eigenvalue weighted by molar-refractivity contribution is 6.35. The number of carbonyl (C=O) groups is 3. The van der Waals surface area contributed by atoms with Crippen molar-refractivity contribution < 1.29 is 33.4 Å². The van der Waals surface area contributed by atoms with Crippen molar-refractivity contribution in [3.8, 4) is 5.75 Å². The molecule has 5 rings (SSSR count). The minimum atomic E-state index is -1.32. The largest absolute Gasteiger partial charge is 0.489 e. The summed E-state index contributed by atoms with van der Waals surface area (Å²) >= 11 is 0. The first-order valence-corrected chi connectivity index (χ1v) is 13.1. The third-order valence-electron chi connectivity index (χ3n) is 7.78. The summed E-state index contributed by atoms with van der Waals surface area (Å²) in [7, 11) is 5.46. The Bertz CT molecular complexity index is 1420. The van der Waals surface area contributed by atoms with Gasteiger partial charge in [0.15, 0.2) is 5.69 Å². The lowest BCUT2D eigenvalue weighted by atomic mass is 9.73. The van der Waals surface area contributed by atoms with Crippen molar-refractivity contribution in [1.82, 2.24) is 30.4 Å². The Balaban J connectivity index is 1.79. The molecule has 1 fully saturated rings. The van der Waals surface area contributed by atoms with E-state index < -0.39 is 40.8 Å². The van der Waals surface area contributed by atoms with Crippen LogP contribution >= 0.6 is 0 Å². The quantitative estimate of drug-likeness (QED) is 0.248. The topological polar surface area (TPSA) is 164 Å². The maximum Gasteiger partial charge on any atom is 0.311 e. The molecule has 4 N–H and O–H groups in total. The third kappa shape index (κ3) is 5.80. The van der Waals surface area contributed by atoms with Gasteiger partial charge >= 0.3 is 11.8 Å². The smallest absolute Gasteiger partial charge is 0.311 e. The molecule has 1 atom stereocenters. The molecule has 1 aromatic carbocycles. The predicted molar refractivity (Wildman–Crippen MR) is 143 cm³/mol. The van der Waals surface area contributed by atoms with E-state index >= 15 is 0 Å². The number of likely N-dealkylation sites (N-methyl/N-ethyl adjacent to an activating group) is 1. The minimum Gasteiger partial charge on any atom is -0.489 e. The van der Waals surface area contributed by atoms with E-state index in [9.17, 15) is 28.7 Å². The van der Waals surface area contributed by atoms with Gasteiger partial charge in [0.05, 0.1) is 12.6 Å². The van der Waals surface area contributed by atoms with Crippen molar-refractivity contribution in [3.63, 3.8) is 0 Å². The number of amides is 3. The molecule has 0 spiro atoms. The van der Waals surface area contributed by atoms with Crippen molar-refractivity contribution >= 4 is 17.7 Å². The number of fused-ring (bicyclic) bond motifs is 2. The molecule has 2 bridgehead atoms. The third-order valence-corrected chi connectivity index (χ3v) is 7.78. The SMILES string of the molecule is COc1c(C(=O)NCc2ccc(F)c(C)c2)nc2n(c1=O)CC1(NC(O)OC)CCC2(NC(=O)C(=O)N(C)C)CC1. The fourth-order valence-electron chi connectivity index (χ4n) is 5.48. The molecule has 0 radical (unpaired) electrons. The van der Waals surface area contributed by atoms with Gasteiger partial charge in [0.1, 0.15) is 11.6 Å². The Hall–Kier alpha value is -3.88. The molecule has 14 heteroatoms. The molecule has 3 amide bonds. The lowest BCUT2D eigenvalue weighted by molar-refractivity contribution is -0.146. The zero-order valence-electron chi connectivity index (χ0n) is 23.7. The van der Waals surface area contributed by atoms with Crippen LogP contribution in [-0.4, -0.2) is 77.5 Å². The zero-order valence-corrected chi connectivity index (χ0v) is 23.7. The number of hydrogen-bond donors (Lipinski definition) is 4. The molecule has 13 nitrogen and oxygen atoms in total. The van der Waals surface area contributed by atoms with Crippen LogP contribution in [0.25, 0.3) is 0 Å². The van der Waals surface area contributed by atoms with Crippen LogP contribution in [0.3, 0.4) is 0 Å². The van der Waals surface area contributed by atoms with Gasteiger partial charge in [-0.25, -0.2) is 9.37 Å². The lowest BCUT2D eigenvalue weighted by Crippen LogP contribution is -2.58. The molecule has 3 aliphatic rings. The summed E-state index contributed by atoms with van der Waals surface area (Å²) in [5, 5.41) is 18.7. The lowest BCUT2D eigenvalue weighted by Gasteiger charge is -2.43. The van der Waals surface area contributed by atoms with Gasteiger partial charge in [-0.05, 0) is 49.8 Å². The number of halogens is 1. The Kier molecular flexibility index (Phi) is 8.47. The summed E-state index contributed by atoms with van der Waals surface area (Å²) in [5.41, 5.74) is -1.99. The number of nitrogens with zero attached hydrogens (tertiary/aromatic N) is 3. The van der Waals surface area contributed by atoms with Gasteiger partial charge in [-0.2, -0.15) is 0 Å². The number of methoxy groups -OCH3 is 2. The van der Waals surface area contributed by atoms with E-state index in [0.29, 0.717) is 24.0 Å². The van der Waals surface area contributed by atoms with Crippen LogP contribution in [-0.2, 0) is 33.0 Å². The normalized spacial score (nSPS) is 21.8. The number of aliphatic hydroxyl groups is 1. The summed E-state index contributed by atoms with van der Waals surface area (Å²) in [6.07, 6.45) is -0.0738. The minimum absolute atomic E-state index is 0.0287. The molecule has 222 valence electrons. The molecule has 1 aliphatic carbocycles. The Morgan fingerprint density at radius 1 is 1.20 bits per heavy atom. The Labute approximate surface area is 236 Å². The number of benzene rings is 1. The van der Waals surface area contributed by atoms with E-state index in [-0.39, 0.29) is 49.0 Å². The van der Waals surface area contributed by atoms with Gasteiger partial charge in [0, 0.05) is 39.8 Å². The first-order valence-electron chi connectivity index (χ1n) is 13.1. The van der Waals surface area contributed by atoms with E-state index in [0.717, 1.165) is 4.90 Å². The van der Waals surface area contributed by atoms with Gasteiger partial charge in [-0.1, -0.05) is 12.1 Å². The number of aromatic nitrogens is 2. The maximum absolute atomic E-state index is 13.8. The van der Waals surface area contributed by atoms with Crippen LogP contribution in [0.1, 0.15) is 53.1 Å². The number of aryl methyl sites for hydroxylation is 1. The molecular weight excluding hydrogens is 539 g/mol. The summed E-state index contributed by atoms with van der Waals surface area (Å²) in [4.78, 5) is 58.4. The molecule has 3 heterocycles. The fourth-order valence-corrected chi connectivity index (χ4v) is 5.48. The molecule has 2 aromatic rings. The van der Waals surface area contributed by atoms with Gasteiger partial charge < -0.3 is 30.1 Å². The average Bonchev–Trinajstić information content (AvgIpc) is 3.15. The van der Waals surface area contributed by atoms with Crippen LogP contribution < -0.4 is 26.2 Å². The van der Waals surface area contributed by atoms with Crippen LogP contribution in [0.5, 0.6) is 5.75 Å². The Morgan fingerprint density at radius 3 is 2.46 bits per heavy atom. The highest BCUT2D eigenvalue weighted by Crippen LogP contribution is 2.45. The van der Waals surface area contributed by atoms with E-state index in [2.05, 4.69) is 20.9 Å². The van der Waals surface area contributed by atoms with Crippen LogP contribution in [0, 0.1) is 12.7 Å². The number of aliphatic hydroxyl groups excluding tert-OH is 1. The first-order chi connectivity index (χ1) is 19.3. The molecule has 1 unspecified atom stereocenters. The van der Waals surface area contributed by atoms with E-state index in [1.807, 2.05) is 0 Å². The number of carbonyl (C=O) groups excluding carboxylic acids is 3. The second-order valence-electron chi connectivity index (χ2n) is 10.7. The fraction of sp³-hybridized carbons (Fsp3) is 0.519. The molecule has 1 saturated carbocycles. The van der Waals surface area contributed by atoms with Crippen LogP contribution in [0.2, 0.25) is 0 Å². The maximum atomic E-state index is 13.8. The van der Waals surface area contributed by atoms with Gasteiger partial charge in [-0.15, -0.1) is 0 Å². The van der Waals surface area contributed by atoms with Crippen molar-refractivity contribution in [1.29, 1.82) is 0 Å². The van der Waals surface area contributed by atoms with Crippen LogP contribution in [0.15, 0.2) is 23.0 Å². The standard InChI is InChI=1S/C27H35FN6O7/c1-15-12-16(6-7-17(15)28)13-29-20(35)18-19(40-4)22(37)34-14-26(32-25(39)41-5)8-10-27(11-9-26,24(34)30-18)31-21(36)23(38)33(2)3/h6-7,12,25,32,39H,8-11,13-14H2,1-5H3,(H,29,35)(H,31,36). The molecule has 1 aromatic heterocycles. The summed E-state index contributed by atoms with van der Waals surface area (Å²) in [6, 6.07) is 4.43. The summed E-state index contributed by atoms with van der Waals surface area (Å²) in [5.74, 6) is -2.97. The van der Waals surface area contributed by atoms with Gasteiger partial charge in [0.2, 0.25) is 12.2 Å². The van der Waals surface area contributed by atoms with Gasteiger partial charge in [-0.3, -0.25) is 29.1 Å². The highest BCUT2D eigenvalue weighted by atomic mass is 19.1.